The van der Waals surface area contributed by atoms with Crippen molar-refractivity contribution in [3.05, 3.63) is 19.2 Å². The number of hydrogen-bond acceptors (Lipinski definition) is 3. The van der Waals surface area contributed by atoms with E-state index in [9.17, 15) is 4.79 Å². The summed E-state index contributed by atoms with van der Waals surface area (Å²) >= 11 is 8.54. The van der Waals surface area contributed by atoms with Crippen LogP contribution in [0.4, 0.5) is 0 Å². The van der Waals surface area contributed by atoms with E-state index in [2.05, 4.69) is 42.1 Å². The van der Waals surface area contributed by atoms with E-state index < -0.39 is 0 Å². The van der Waals surface area contributed by atoms with Crippen molar-refractivity contribution in [2.45, 2.75) is 44.2 Å². The molecule has 6 heteroatoms. The molecule has 20 heavy (non-hydrogen) atoms. The van der Waals surface area contributed by atoms with Gasteiger partial charge in [0.2, 0.25) is 0 Å². The molecule has 1 N–H and O–H groups in total. The van der Waals surface area contributed by atoms with Crippen molar-refractivity contribution in [2.75, 3.05) is 13.1 Å². The highest BCUT2D eigenvalue weighted by Gasteiger charge is 2.35. The number of rotatable bonds is 2. The molecule has 0 spiro atoms. The number of carbonyl (C=O) groups excluding carboxylic acids is 1. The summed E-state index contributed by atoms with van der Waals surface area (Å²) in [5.74, 6) is 0.178. The van der Waals surface area contributed by atoms with Crippen molar-refractivity contribution in [3.63, 3.8) is 0 Å². The van der Waals surface area contributed by atoms with Crippen LogP contribution >= 0.6 is 43.2 Å². The first kappa shape index (κ1) is 15.0. The molecule has 2 aliphatic rings. The molecule has 3 rings (SSSR count). The molecule has 1 amide bonds. The molecule has 2 atom stereocenters. The highest BCUT2D eigenvalue weighted by molar-refractivity contribution is 9.12. The van der Waals surface area contributed by atoms with Crippen LogP contribution in [0.25, 0.3) is 0 Å². The molecule has 2 unspecified atom stereocenters. The Labute approximate surface area is 140 Å². The number of carbonyl (C=O) groups is 1. The topological polar surface area (TPSA) is 32.3 Å². The minimum Gasteiger partial charge on any atom is -0.334 e. The van der Waals surface area contributed by atoms with Gasteiger partial charge in [-0.3, -0.25) is 4.79 Å². The van der Waals surface area contributed by atoms with Gasteiger partial charge < -0.3 is 10.2 Å². The second-order valence-corrected chi connectivity index (χ2v) is 9.25. The summed E-state index contributed by atoms with van der Waals surface area (Å²) in [6, 6.07) is 2.79. The summed E-state index contributed by atoms with van der Waals surface area (Å²) in [5, 5.41) is 3.57. The van der Waals surface area contributed by atoms with Crippen LogP contribution in [0.2, 0.25) is 0 Å². The van der Waals surface area contributed by atoms with Crippen molar-refractivity contribution in [1.82, 2.24) is 10.2 Å². The number of hydrogen-bond donors (Lipinski definition) is 1. The molecule has 0 radical (unpaired) electrons. The van der Waals surface area contributed by atoms with Crippen LogP contribution < -0.4 is 5.32 Å². The van der Waals surface area contributed by atoms with E-state index in [4.69, 9.17) is 0 Å². The van der Waals surface area contributed by atoms with Crippen molar-refractivity contribution >= 4 is 49.1 Å². The Kier molecular flexibility index (Phi) is 4.85. The third kappa shape index (κ3) is 2.98. The third-order valence-electron chi connectivity index (χ3n) is 4.26. The average molecular weight is 422 g/mol. The fraction of sp³-hybridized carbons (Fsp3) is 0.643. The van der Waals surface area contributed by atoms with Crippen LogP contribution in [0.15, 0.2) is 13.6 Å². The fourth-order valence-electron chi connectivity index (χ4n) is 3.31. The monoisotopic (exact) mass is 420 g/mol. The van der Waals surface area contributed by atoms with E-state index in [-0.39, 0.29) is 5.91 Å². The van der Waals surface area contributed by atoms with Gasteiger partial charge in [0.1, 0.15) is 0 Å². The van der Waals surface area contributed by atoms with E-state index in [1.165, 1.54) is 19.3 Å². The average Bonchev–Trinajstić information content (AvgIpc) is 3.07. The number of likely N-dealkylation sites (tertiary alicyclic amines) is 1. The van der Waals surface area contributed by atoms with Crippen molar-refractivity contribution < 1.29 is 4.79 Å². The number of halogens is 2. The SMILES string of the molecule is O=C(c1cc(Br)sc1Br)N1CCCCC1C1CCCN1. The zero-order valence-corrected chi connectivity index (χ0v) is 15.2. The minimum absolute atomic E-state index is 0.178. The summed E-state index contributed by atoms with van der Waals surface area (Å²) < 4.78 is 1.93. The molecule has 1 aromatic heterocycles. The summed E-state index contributed by atoms with van der Waals surface area (Å²) in [7, 11) is 0. The zero-order valence-electron chi connectivity index (χ0n) is 11.2. The van der Waals surface area contributed by atoms with E-state index >= 15 is 0 Å². The van der Waals surface area contributed by atoms with Crippen LogP contribution in [0.1, 0.15) is 42.5 Å². The molecule has 3 nitrogen and oxygen atoms in total. The zero-order chi connectivity index (χ0) is 14.1. The largest absolute Gasteiger partial charge is 0.334 e. The highest BCUT2D eigenvalue weighted by Crippen LogP contribution is 2.34. The molecule has 2 aliphatic heterocycles. The van der Waals surface area contributed by atoms with Gasteiger partial charge in [-0.1, -0.05) is 0 Å². The molecule has 2 fully saturated rings. The molecule has 0 aromatic carbocycles. The van der Waals surface area contributed by atoms with Crippen LogP contribution in [-0.4, -0.2) is 36.0 Å². The standard InChI is InChI=1S/C14H18Br2N2OS/c15-12-8-9(13(16)20-12)14(19)18-7-2-1-5-11(18)10-4-3-6-17-10/h8,10-11,17H,1-7H2. The third-order valence-corrected chi connectivity index (χ3v) is 6.60. The van der Waals surface area contributed by atoms with E-state index in [0.29, 0.717) is 12.1 Å². The van der Waals surface area contributed by atoms with Crippen molar-refractivity contribution in [3.8, 4) is 0 Å². The van der Waals surface area contributed by atoms with Gasteiger partial charge >= 0.3 is 0 Å². The summed E-state index contributed by atoms with van der Waals surface area (Å²) in [6.45, 7) is 1.98. The van der Waals surface area contributed by atoms with Gasteiger partial charge in [-0.05, 0) is 76.6 Å². The van der Waals surface area contributed by atoms with Crippen molar-refractivity contribution in [2.24, 2.45) is 0 Å². The molecule has 1 aromatic rings. The quantitative estimate of drug-likeness (QED) is 0.781. The van der Waals surface area contributed by atoms with Crippen LogP contribution in [0, 0.1) is 0 Å². The second kappa shape index (κ2) is 6.46. The van der Waals surface area contributed by atoms with Crippen LogP contribution in [0.3, 0.4) is 0 Å². The molecule has 0 bridgehead atoms. The Morgan fingerprint density at radius 2 is 2.15 bits per heavy atom. The molecule has 0 saturated carbocycles. The lowest BCUT2D eigenvalue weighted by Gasteiger charge is -2.39. The molecular weight excluding hydrogens is 404 g/mol. The van der Waals surface area contributed by atoms with Crippen LogP contribution in [0.5, 0.6) is 0 Å². The van der Waals surface area contributed by atoms with E-state index in [1.54, 1.807) is 11.3 Å². The molecule has 0 aliphatic carbocycles. The summed E-state index contributed by atoms with van der Waals surface area (Å²) in [6.07, 6.45) is 5.92. The molecular formula is C14H18Br2N2OS. The maximum absolute atomic E-state index is 12.9. The number of nitrogens with zero attached hydrogens (tertiary/aromatic N) is 1. The lowest BCUT2D eigenvalue weighted by molar-refractivity contribution is 0.0563. The minimum atomic E-state index is 0.178. The predicted octanol–water partition coefficient (Wildman–Crippen LogP) is 4.02. The lowest BCUT2D eigenvalue weighted by Crippen LogP contribution is -2.52. The highest BCUT2D eigenvalue weighted by atomic mass is 79.9. The maximum atomic E-state index is 12.9. The second-order valence-electron chi connectivity index (χ2n) is 5.50. The number of nitrogens with one attached hydrogen (secondary N) is 1. The maximum Gasteiger partial charge on any atom is 0.256 e. The Morgan fingerprint density at radius 1 is 1.30 bits per heavy atom. The van der Waals surface area contributed by atoms with E-state index in [0.717, 1.165) is 39.1 Å². The van der Waals surface area contributed by atoms with Gasteiger partial charge in [-0.15, -0.1) is 11.3 Å². The van der Waals surface area contributed by atoms with Gasteiger partial charge in [-0.2, -0.15) is 0 Å². The summed E-state index contributed by atoms with van der Waals surface area (Å²) in [4.78, 5) is 15.0. The lowest BCUT2D eigenvalue weighted by atomic mass is 9.94. The molecule has 3 heterocycles. The molecule has 110 valence electrons. The summed E-state index contributed by atoms with van der Waals surface area (Å²) in [5.41, 5.74) is 0.798. The van der Waals surface area contributed by atoms with Gasteiger partial charge in [0.15, 0.2) is 0 Å². The Morgan fingerprint density at radius 3 is 2.80 bits per heavy atom. The van der Waals surface area contributed by atoms with Gasteiger partial charge in [0.25, 0.3) is 5.91 Å². The smallest absolute Gasteiger partial charge is 0.256 e. The Balaban J connectivity index is 1.82. The van der Waals surface area contributed by atoms with Crippen molar-refractivity contribution in [1.29, 1.82) is 0 Å². The van der Waals surface area contributed by atoms with E-state index in [1.807, 2.05) is 6.07 Å². The first-order valence-corrected chi connectivity index (χ1v) is 9.56. The normalized spacial score (nSPS) is 27.0. The first-order valence-electron chi connectivity index (χ1n) is 7.16. The van der Waals surface area contributed by atoms with Gasteiger partial charge in [0.05, 0.1) is 13.1 Å². The Hall–Kier alpha value is 0.0900. The predicted molar refractivity (Wildman–Crippen MR) is 89.4 cm³/mol. The number of amides is 1. The fourth-order valence-corrected chi connectivity index (χ4v) is 6.09. The van der Waals surface area contributed by atoms with Crippen LogP contribution in [-0.2, 0) is 0 Å². The van der Waals surface area contributed by atoms with Gasteiger partial charge in [0, 0.05) is 18.6 Å². The molecule has 2 saturated heterocycles. The number of piperidine rings is 1. The first-order chi connectivity index (χ1) is 9.66. The number of thiophene rings is 1. The van der Waals surface area contributed by atoms with Gasteiger partial charge in [-0.25, -0.2) is 0 Å². The Bertz CT molecular complexity index is 499.